The van der Waals surface area contributed by atoms with Gasteiger partial charge in [0.15, 0.2) is 0 Å². The van der Waals surface area contributed by atoms with Crippen molar-refractivity contribution in [3.05, 3.63) is 22.4 Å². The van der Waals surface area contributed by atoms with Gasteiger partial charge >= 0.3 is 0 Å². The standard InChI is InChI=1S/C15H24OS/c1-14(2,3)12-5-4-8-15(16,9-6-12)13-7-10-17-11-13/h7,10-12,16H,4-6,8-9H2,1-3H3. The Labute approximate surface area is 109 Å². The lowest BCUT2D eigenvalue weighted by atomic mass is 9.76. The van der Waals surface area contributed by atoms with E-state index in [0.717, 1.165) is 37.2 Å². The summed E-state index contributed by atoms with van der Waals surface area (Å²) in [7, 11) is 0. The predicted octanol–water partition coefficient (Wildman–Crippen LogP) is 4.56. The first-order chi connectivity index (χ1) is 7.92. The molecule has 96 valence electrons. The molecule has 1 N–H and O–H groups in total. The maximum atomic E-state index is 10.8. The van der Waals surface area contributed by atoms with Crippen molar-refractivity contribution < 1.29 is 5.11 Å². The fourth-order valence-corrected chi connectivity index (χ4v) is 3.76. The van der Waals surface area contributed by atoms with Gasteiger partial charge < -0.3 is 5.11 Å². The highest BCUT2D eigenvalue weighted by molar-refractivity contribution is 7.08. The Bertz CT molecular complexity index is 349. The van der Waals surface area contributed by atoms with Gasteiger partial charge in [0.1, 0.15) is 0 Å². The first-order valence-electron chi connectivity index (χ1n) is 6.67. The van der Waals surface area contributed by atoms with Crippen LogP contribution in [0.3, 0.4) is 0 Å². The molecular weight excluding hydrogens is 228 g/mol. The zero-order valence-corrected chi connectivity index (χ0v) is 12.0. The molecule has 2 atom stereocenters. The second kappa shape index (κ2) is 4.74. The third kappa shape index (κ3) is 2.92. The molecule has 0 saturated heterocycles. The first-order valence-corrected chi connectivity index (χ1v) is 7.61. The fraction of sp³-hybridized carbons (Fsp3) is 0.733. The maximum absolute atomic E-state index is 10.8. The van der Waals surface area contributed by atoms with E-state index in [9.17, 15) is 5.11 Å². The van der Waals surface area contributed by atoms with E-state index in [1.807, 2.05) is 0 Å². The predicted molar refractivity (Wildman–Crippen MR) is 74.2 cm³/mol. The Morgan fingerprint density at radius 1 is 1.29 bits per heavy atom. The molecular formula is C15H24OS. The Hall–Kier alpha value is -0.340. The largest absolute Gasteiger partial charge is 0.385 e. The number of aliphatic hydroxyl groups is 1. The van der Waals surface area contributed by atoms with E-state index < -0.39 is 5.60 Å². The van der Waals surface area contributed by atoms with Gasteiger partial charge in [0, 0.05) is 0 Å². The molecule has 1 aromatic rings. The molecule has 0 aliphatic heterocycles. The summed E-state index contributed by atoms with van der Waals surface area (Å²) >= 11 is 1.68. The van der Waals surface area contributed by atoms with Crippen molar-refractivity contribution in [1.29, 1.82) is 0 Å². The highest BCUT2D eigenvalue weighted by Gasteiger charge is 2.35. The molecule has 0 aromatic carbocycles. The molecule has 1 heterocycles. The van der Waals surface area contributed by atoms with Gasteiger partial charge in [0.2, 0.25) is 0 Å². The molecule has 1 aliphatic carbocycles. The summed E-state index contributed by atoms with van der Waals surface area (Å²) in [5, 5.41) is 15.0. The van der Waals surface area contributed by atoms with Crippen molar-refractivity contribution in [2.75, 3.05) is 0 Å². The quantitative estimate of drug-likeness (QED) is 0.726. The summed E-state index contributed by atoms with van der Waals surface area (Å²) < 4.78 is 0. The molecule has 0 bridgehead atoms. The van der Waals surface area contributed by atoms with E-state index in [1.54, 1.807) is 11.3 Å². The van der Waals surface area contributed by atoms with Gasteiger partial charge in [-0.2, -0.15) is 11.3 Å². The van der Waals surface area contributed by atoms with Crippen LogP contribution in [0, 0.1) is 11.3 Å². The van der Waals surface area contributed by atoms with Gasteiger partial charge in [-0.15, -0.1) is 0 Å². The average molecular weight is 252 g/mol. The minimum Gasteiger partial charge on any atom is -0.385 e. The van der Waals surface area contributed by atoms with Crippen LogP contribution in [0.2, 0.25) is 0 Å². The van der Waals surface area contributed by atoms with E-state index in [2.05, 4.69) is 37.6 Å². The average Bonchev–Trinajstić information content (AvgIpc) is 2.68. The Morgan fingerprint density at radius 3 is 2.65 bits per heavy atom. The van der Waals surface area contributed by atoms with Crippen molar-refractivity contribution in [3.63, 3.8) is 0 Å². The first kappa shape index (κ1) is 13.1. The lowest BCUT2D eigenvalue weighted by Gasteiger charge is -2.30. The summed E-state index contributed by atoms with van der Waals surface area (Å²) in [6, 6.07) is 2.09. The van der Waals surface area contributed by atoms with Crippen LogP contribution in [-0.2, 0) is 5.60 Å². The van der Waals surface area contributed by atoms with Crippen LogP contribution >= 0.6 is 11.3 Å². The van der Waals surface area contributed by atoms with Gasteiger partial charge in [-0.1, -0.05) is 20.8 Å². The highest BCUT2D eigenvalue weighted by atomic mass is 32.1. The summed E-state index contributed by atoms with van der Waals surface area (Å²) in [6.45, 7) is 6.98. The highest BCUT2D eigenvalue weighted by Crippen LogP contribution is 2.43. The lowest BCUT2D eigenvalue weighted by Crippen LogP contribution is -2.25. The van der Waals surface area contributed by atoms with Crippen molar-refractivity contribution in [3.8, 4) is 0 Å². The van der Waals surface area contributed by atoms with Gasteiger partial charge in [0.25, 0.3) is 0 Å². The van der Waals surface area contributed by atoms with E-state index in [4.69, 9.17) is 0 Å². The molecule has 0 radical (unpaired) electrons. The maximum Gasteiger partial charge on any atom is 0.0904 e. The fourth-order valence-electron chi connectivity index (χ4n) is 3.01. The molecule has 2 unspecified atom stereocenters. The lowest BCUT2D eigenvalue weighted by molar-refractivity contribution is 0.0184. The van der Waals surface area contributed by atoms with Crippen LogP contribution in [0.15, 0.2) is 16.8 Å². The molecule has 1 fully saturated rings. The van der Waals surface area contributed by atoms with Gasteiger partial charge in [0.05, 0.1) is 5.60 Å². The monoisotopic (exact) mass is 252 g/mol. The molecule has 2 rings (SSSR count). The van der Waals surface area contributed by atoms with Crippen LogP contribution < -0.4 is 0 Å². The van der Waals surface area contributed by atoms with Crippen LogP contribution in [0.5, 0.6) is 0 Å². The zero-order valence-electron chi connectivity index (χ0n) is 11.2. The topological polar surface area (TPSA) is 20.2 Å². The smallest absolute Gasteiger partial charge is 0.0904 e. The second-order valence-electron chi connectivity index (χ2n) is 6.54. The van der Waals surface area contributed by atoms with Gasteiger partial charge in [-0.25, -0.2) is 0 Å². The minimum absolute atomic E-state index is 0.375. The molecule has 1 nitrogen and oxygen atoms in total. The third-order valence-corrected chi connectivity index (χ3v) is 5.02. The van der Waals surface area contributed by atoms with Crippen LogP contribution in [0.1, 0.15) is 58.4 Å². The Morgan fingerprint density at radius 2 is 2.06 bits per heavy atom. The van der Waals surface area contributed by atoms with Crippen molar-refractivity contribution in [2.45, 2.75) is 58.5 Å². The van der Waals surface area contributed by atoms with Crippen LogP contribution in [0.4, 0.5) is 0 Å². The third-order valence-electron chi connectivity index (χ3n) is 4.33. The van der Waals surface area contributed by atoms with Crippen molar-refractivity contribution >= 4 is 11.3 Å². The summed E-state index contributed by atoms with van der Waals surface area (Å²) in [4.78, 5) is 0. The van der Waals surface area contributed by atoms with Crippen LogP contribution in [-0.4, -0.2) is 5.11 Å². The van der Waals surface area contributed by atoms with E-state index in [0.29, 0.717) is 5.41 Å². The molecule has 1 saturated carbocycles. The second-order valence-corrected chi connectivity index (χ2v) is 7.32. The van der Waals surface area contributed by atoms with Gasteiger partial charge in [-0.05, 0) is 65.8 Å². The molecule has 0 amide bonds. The normalized spacial score (nSPS) is 31.2. The molecule has 1 aromatic heterocycles. The molecule has 0 spiro atoms. The van der Waals surface area contributed by atoms with Crippen molar-refractivity contribution in [2.24, 2.45) is 11.3 Å². The summed E-state index contributed by atoms with van der Waals surface area (Å²) in [5.74, 6) is 0.746. The molecule has 2 heteroatoms. The number of thiophene rings is 1. The van der Waals surface area contributed by atoms with E-state index in [1.165, 1.54) is 6.42 Å². The zero-order chi connectivity index (χ0) is 12.5. The molecule has 1 aliphatic rings. The number of hydrogen-bond donors (Lipinski definition) is 1. The minimum atomic E-state index is -0.556. The van der Waals surface area contributed by atoms with Crippen LogP contribution in [0.25, 0.3) is 0 Å². The summed E-state index contributed by atoms with van der Waals surface area (Å²) in [5.41, 5.74) is 0.956. The summed E-state index contributed by atoms with van der Waals surface area (Å²) in [6.07, 6.45) is 5.40. The van der Waals surface area contributed by atoms with E-state index in [-0.39, 0.29) is 0 Å². The SMILES string of the molecule is CC(C)(C)C1CCCC(O)(c2ccsc2)CC1. The van der Waals surface area contributed by atoms with Crippen molar-refractivity contribution in [1.82, 2.24) is 0 Å². The van der Waals surface area contributed by atoms with E-state index >= 15 is 0 Å². The molecule has 17 heavy (non-hydrogen) atoms. The Kier molecular flexibility index (Phi) is 3.65. The Balaban J connectivity index is 2.10. The van der Waals surface area contributed by atoms with Gasteiger partial charge in [-0.3, -0.25) is 0 Å². The number of hydrogen-bond acceptors (Lipinski definition) is 2. The number of rotatable bonds is 1.